The van der Waals surface area contributed by atoms with Crippen LogP contribution in [0.2, 0.25) is 0 Å². The molecule has 0 radical (unpaired) electrons. The second kappa shape index (κ2) is 27.7. The summed E-state index contributed by atoms with van der Waals surface area (Å²) in [6.07, 6.45) is 31.4. The standard InChI is InChI=1S/C34H69NO4/c1-3-5-7-9-11-13-15-17-19-21-23-25-27-29-31(36)33(35)34(38,39)32(37)30-28-26-24-22-20-18-16-14-12-10-8-6-4-2/h31,33,36,38-39H,3-30,35H2,1-2H3. The Balaban J connectivity index is 3.72. The number of hydrogen-bond donors (Lipinski definition) is 4. The van der Waals surface area contributed by atoms with Gasteiger partial charge in [0.1, 0.15) is 0 Å². The summed E-state index contributed by atoms with van der Waals surface area (Å²) in [5.41, 5.74) is 5.92. The van der Waals surface area contributed by atoms with E-state index in [2.05, 4.69) is 13.8 Å². The molecule has 234 valence electrons. The lowest BCUT2D eigenvalue weighted by Gasteiger charge is -2.30. The summed E-state index contributed by atoms with van der Waals surface area (Å²) in [5, 5.41) is 31.0. The van der Waals surface area contributed by atoms with Crippen molar-refractivity contribution in [2.75, 3.05) is 0 Å². The molecule has 0 aromatic rings. The molecule has 0 aliphatic heterocycles. The van der Waals surface area contributed by atoms with Gasteiger partial charge in [0.15, 0.2) is 5.78 Å². The first-order valence-corrected chi connectivity index (χ1v) is 17.3. The van der Waals surface area contributed by atoms with E-state index in [-0.39, 0.29) is 6.42 Å². The molecular formula is C34H69NO4. The van der Waals surface area contributed by atoms with Crippen molar-refractivity contribution in [1.82, 2.24) is 0 Å². The second-order valence-electron chi connectivity index (χ2n) is 12.3. The Morgan fingerprint density at radius 3 is 1.15 bits per heavy atom. The van der Waals surface area contributed by atoms with E-state index in [0.29, 0.717) is 12.8 Å². The Morgan fingerprint density at radius 2 is 0.821 bits per heavy atom. The number of hydrogen-bond acceptors (Lipinski definition) is 5. The van der Waals surface area contributed by atoms with E-state index >= 15 is 0 Å². The van der Waals surface area contributed by atoms with Crippen LogP contribution >= 0.6 is 0 Å². The van der Waals surface area contributed by atoms with Crippen LogP contribution in [0.15, 0.2) is 0 Å². The summed E-state index contributed by atoms with van der Waals surface area (Å²) >= 11 is 0. The molecule has 0 spiro atoms. The van der Waals surface area contributed by atoms with Gasteiger partial charge in [-0.2, -0.15) is 0 Å². The average Bonchev–Trinajstić information content (AvgIpc) is 2.93. The molecule has 0 bridgehead atoms. The Kier molecular flexibility index (Phi) is 27.3. The Morgan fingerprint density at radius 1 is 0.538 bits per heavy atom. The SMILES string of the molecule is CCCCCCCCCCCCCCCC(=O)C(O)(O)C(N)C(O)CCCCCCCCCCCCCCC. The minimum atomic E-state index is -2.65. The van der Waals surface area contributed by atoms with Crippen molar-refractivity contribution < 1.29 is 20.1 Å². The highest BCUT2D eigenvalue weighted by molar-refractivity contribution is 5.86. The fourth-order valence-electron chi connectivity index (χ4n) is 5.49. The van der Waals surface area contributed by atoms with E-state index in [1.54, 1.807) is 0 Å². The highest BCUT2D eigenvalue weighted by Crippen LogP contribution is 2.20. The molecule has 2 atom stereocenters. The van der Waals surface area contributed by atoms with Crippen LogP contribution in [0.4, 0.5) is 0 Å². The number of ketones is 1. The molecule has 0 saturated carbocycles. The van der Waals surface area contributed by atoms with Crippen LogP contribution in [0.3, 0.4) is 0 Å². The lowest BCUT2D eigenvalue weighted by Crippen LogP contribution is -2.59. The summed E-state index contributed by atoms with van der Waals surface area (Å²) in [6, 6.07) is -1.36. The smallest absolute Gasteiger partial charge is 0.242 e. The quantitative estimate of drug-likeness (QED) is 0.0505. The number of aliphatic hydroxyl groups is 3. The topological polar surface area (TPSA) is 104 Å². The first kappa shape index (κ1) is 38.5. The fourth-order valence-corrected chi connectivity index (χ4v) is 5.49. The van der Waals surface area contributed by atoms with Gasteiger partial charge in [0.05, 0.1) is 12.1 Å². The Bertz CT molecular complexity index is 525. The number of nitrogens with two attached hydrogens (primary N) is 1. The molecule has 0 aliphatic carbocycles. The highest BCUT2D eigenvalue weighted by Gasteiger charge is 2.42. The third-order valence-corrected chi connectivity index (χ3v) is 8.40. The van der Waals surface area contributed by atoms with E-state index in [0.717, 1.165) is 32.1 Å². The summed E-state index contributed by atoms with van der Waals surface area (Å²) in [5.74, 6) is -3.31. The van der Waals surface area contributed by atoms with E-state index in [1.807, 2.05) is 0 Å². The molecule has 39 heavy (non-hydrogen) atoms. The van der Waals surface area contributed by atoms with Gasteiger partial charge in [-0.05, 0) is 12.8 Å². The van der Waals surface area contributed by atoms with Gasteiger partial charge >= 0.3 is 0 Å². The number of carbonyl (C=O) groups excluding carboxylic acids is 1. The van der Waals surface area contributed by atoms with Gasteiger partial charge in [0.25, 0.3) is 0 Å². The number of rotatable bonds is 31. The molecule has 0 fully saturated rings. The maximum absolute atomic E-state index is 12.4. The van der Waals surface area contributed by atoms with Crippen molar-refractivity contribution in [2.45, 2.75) is 212 Å². The predicted octanol–water partition coefficient (Wildman–Crippen LogP) is 8.89. The molecule has 5 N–H and O–H groups in total. The molecule has 2 unspecified atom stereocenters. The molecule has 5 nitrogen and oxygen atoms in total. The summed E-state index contributed by atoms with van der Waals surface area (Å²) in [7, 11) is 0. The highest BCUT2D eigenvalue weighted by atomic mass is 16.5. The number of carbonyl (C=O) groups is 1. The lowest BCUT2D eigenvalue weighted by atomic mass is 9.92. The van der Waals surface area contributed by atoms with E-state index in [9.17, 15) is 20.1 Å². The monoisotopic (exact) mass is 556 g/mol. The van der Waals surface area contributed by atoms with Gasteiger partial charge in [0, 0.05) is 6.42 Å². The van der Waals surface area contributed by atoms with Gasteiger partial charge in [0.2, 0.25) is 5.79 Å². The van der Waals surface area contributed by atoms with Crippen LogP contribution in [0, 0.1) is 0 Å². The first-order chi connectivity index (χ1) is 18.9. The average molecular weight is 556 g/mol. The van der Waals surface area contributed by atoms with Crippen molar-refractivity contribution in [3.63, 3.8) is 0 Å². The zero-order valence-corrected chi connectivity index (χ0v) is 26.3. The third kappa shape index (κ3) is 22.8. The molecule has 5 heteroatoms. The lowest BCUT2D eigenvalue weighted by molar-refractivity contribution is -0.200. The van der Waals surface area contributed by atoms with Crippen LogP contribution in [0.1, 0.15) is 194 Å². The minimum Gasteiger partial charge on any atom is -0.391 e. The van der Waals surface area contributed by atoms with E-state index in [1.165, 1.54) is 128 Å². The molecule has 0 aromatic carbocycles. The Labute approximate surface area is 243 Å². The molecular weight excluding hydrogens is 486 g/mol. The predicted molar refractivity (Wildman–Crippen MR) is 167 cm³/mol. The van der Waals surface area contributed by atoms with Crippen molar-refractivity contribution in [2.24, 2.45) is 5.73 Å². The molecule has 0 rings (SSSR count). The normalized spacial score (nSPS) is 13.6. The zero-order valence-electron chi connectivity index (χ0n) is 26.3. The Hall–Kier alpha value is -0.490. The van der Waals surface area contributed by atoms with Crippen molar-refractivity contribution in [1.29, 1.82) is 0 Å². The van der Waals surface area contributed by atoms with Crippen LogP contribution in [-0.2, 0) is 4.79 Å². The number of unbranched alkanes of at least 4 members (excludes halogenated alkanes) is 24. The minimum absolute atomic E-state index is 0.101. The van der Waals surface area contributed by atoms with Crippen molar-refractivity contribution >= 4 is 5.78 Å². The second-order valence-corrected chi connectivity index (χ2v) is 12.3. The summed E-state index contributed by atoms with van der Waals surface area (Å²) < 4.78 is 0. The molecule has 0 saturated heterocycles. The largest absolute Gasteiger partial charge is 0.391 e. The maximum Gasteiger partial charge on any atom is 0.242 e. The van der Waals surface area contributed by atoms with Gasteiger partial charge in [-0.3, -0.25) is 4.79 Å². The van der Waals surface area contributed by atoms with Crippen molar-refractivity contribution in [3.05, 3.63) is 0 Å². The van der Waals surface area contributed by atoms with Crippen LogP contribution in [-0.4, -0.2) is 39.0 Å². The molecule has 0 amide bonds. The van der Waals surface area contributed by atoms with E-state index in [4.69, 9.17) is 5.73 Å². The van der Waals surface area contributed by atoms with Crippen LogP contribution in [0.25, 0.3) is 0 Å². The van der Waals surface area contributed by atoms with Crippen molar-refractivity contribution in [3.8, 4) is 0 Å². The number of aliphatic hydroxyl groups excluding tert-OH is 1. The fraction of sp³-hybridized carbons (Fsp3) is 0.971. The molecule has 0 heterocycles. The molecule has 0 aliphatic rings. The van der Waals surface area contributed by atoms with Crippen LogP contribution in [0.5, 0.6) is 0 Å². The van der Waals surface area contributed by atoms with Gasteiger partial charge in [-0.15, -0.1) is 0 Å². The maximum atomic E-state index is 12.4. The third-order valence-electron chi connectivity index (χ3n) is 8.40. The summed E-state index contributed by atoms with van der Waals surface area (Å²) in [4.78, 5) is 12.4. The van der Waals surface area contributed by atoms with Gasteiger partial charge in [-0.1, -0.05) is 174 Å². The van der Waals surface area contributed by atoms with Gasteiger partial charge in [-0.25, -0.2) is 0 Å². The van der Waals surface area contributed by atoms with Crippen LogP contribution < -0.4 is 5.73 Å². The summed E-state index contributed by atoms with van der Waals surface area (Å²) in [6.45, 7) is 4.51. The first-order valence-electron chi connectivity index (χ1n) is 17.3. The number of Topliss-reactive ketones (excluding diaryl/α,β-unsaturated/α-hetero) is 1. The zero-order chi connectivity index (χ0) is 29.0. The van der Waals surface area contributed by atoms with E-state index < -0.39 is 23.7 Å². The molecule has 0 aromatic heterocycles. The van der Waals surface area contributed by atoms with Gasteiger partial charge < -0.3 is 21.1 Å².